The fourth-order valence-corrected chi connectivity index (χ4v) is 5.33. The van der Waals surface area contributed by atoms with Crippen LogP contribution in [0.25, 0.3) is 0 Å². The lowest BCUT2D eigenvalue weighted by Crippen LogP contribution is -2.48. The Labute approximate surface area is 167 Å². The predicted octanol–water partition coefficient (Wildman–Crippen LogP) is 2.82. The molecule has 1 aliphatic heterocycles. The molecule has 1 aliphatic rings. The topological polar surface area (TPSA) is 59.1 Å². The predicted molar refractivity (Wildman–Crippen MR) is 110 cm³/mol. The molecule has 140 valence electrons. The molecule has 0 amide bonds. The van der Waals surface area contributed by atoms with Crippen molar-refractivity contribution in [3.63, 3.8) is 0 Å². The molecule has 2 aromatic carbocycles. The molecule has 0 radical (unpaired) electrons. The highest BCUT2D eigenvalue weighted by Crippen LogP contribution is 2.27. The second-order valence-electron chi connectivity index (χ2n) is 5.89. The molecule has 6 nitrogen and oxygen atoms in total. The third-order valence-corrected chi connectivity index (χ3v) is 7.17. The number of nitrogens with zero attached hydrogens (tertiary/aromatic N) is 2. The smallest absolute Gasteiger partial charge is 0.243 e. The van der Waals surface area contributed by atoms with E-state index in [9.17, 15) is 8.42 Å². The van der Waals surface area contributed by atoms with Crippen LogP contribution in [0.2, 0.25) is 0 Å². The maximum atomic E-state index is 12.9. The summed E-state index contributed by atoms with van der Waals surface area (Å²) < 4.78 is 38.5. The van der Waals surface area contributed by atoms with Gasteiger partial charge in [-0.2, -0.15) is 4.31 Å². The summed E-state index contributed by atoms with van der Waals surface area (Å²) in [5.74, 6) is 1.48. The molecule has 0 aromatic heterocycles. The maximum Gasteiger partial charge on any atom is 0.243 e. The number of hydrogen-bond acceptors (Lipinski definition) is 5. The number of halogens is 1. The van der Waals surface area contributed by atoms with Gasteiger partial charge in [-0.1, -0.05) is 0 Å². The average Bonchev–Trinajstić information content (AvgIpc) is 2.68. The molecule has 0 atom stereocenters. The molecule has 0 saturated carbocycles. The van der Waals surface area contributed by atoms with Gasteiger partial charge in [-0.15, -0.1) is 0 Å². The Morgan fingerprint density at radius 3 is 2.12 bits per heavy atom. The first-order chi connectivity index (χ1) is 12.5. The minimum atomic E-state index is -3.50. The summed E-state index contributed by atoms with van der Waals surface area (Å²) in [6.07, 6.45) is 0. The Hall–Kier alpha value is -1.52. The lowest BCUT2D eigenvalue weighted by molar-refractivity contribution is 0.384. The van der Waals surface area contributed by atoms with Gasteiger partial charge in [-0.05, 0) is 65.1 Å². The number of ether oxygens (including phenoxy) is 2. The van der Waals surface area contributed by atoms with E-state index in [0.29, 0.717) is 36.8 Å². The van der Waals surface area contributed by atoms with Gasteiger partial charge in [0.1, 0.15) is 11.5 Å². The van der Waals surface area contributed by atoms with Gasteiger partial charge in [0.15, 0.2) is 0 Å². The number of anilines is 1. The first-order valence-corrected chi connectivity index (χ1v) is 10.7. The summed E-state index contributed by atoms with van der Waals surface area (Å²) in [6, 6.07) is 12.8. The molecule has 8 heteroatoms. The van der Waals surface area contributed by atoms with Crippen LogP contribution in [0.15, 0.2) is 47.4 Å². The molecular formula is C18H21IN2O4S. The standard InChI is InChI=1S/C18H21IN2O4S/c1-24-15-5-3-14(4-6-15)20-9-11-21(12-10-20)26(22,23)16-7-8-18(25-2)17(19)13-16/h3-8,13H,9-12H2,1-2H3. The average molecular weight is 488 g/mol. The maximum absolute atomic E-state index is 12.9. The van der Waals surface area contributed by atoms with E-state index < -0.39 is 10.0 Å². The summed E-state index contributed by atoms with van der Waals surface area (Å²) >= 11 is 2.09. The van der Waals surface area contributed by atoms with Crippen molar-refractivity contribution in [3.8, 4) is 11.5 Å². The Morgan fingerprint density at radius 2 is 1.58 bits per heavy atom. The molecular weight excluding hydrogens is 467 g/mol. The Kier molecular flexibility index (Phi) is 5.93. The lowest BCUT2D eigenvalue weighted by Gasteiger charge is -2.35. The van der Waals surface area contributed by atoms with Gasteiger partial charge in [0, 0.05) is 31.9 Å². The molecule has 3 rings (SSSR count). The van der Waals surface area contributed by atoms with E-state index in [-0.39, 0.29) is 0 Å². The zero-order valence-electron chi connectivity index (χ0n) is 14.7. The Balaban J connectivity index is 1.71. The van der Waals surface area contributed by atoms with Gasteiger partial charge in [0.25, 0.3) is 0 Å². The molecule has 0 spiro atoms. The molecule has 0 aliphatic carbocycles. The van der Waals surface area contributed by atoms with Crippen molar-refractivity contribution in [2.75, 3.05) is 45.3 Å². The van der Waals surface area contributed by atoms with E-state index in [1.54, 1.807) is 36.7 Å². The summed E-state index contributed by atoms with van der Waals surface area (Å²) in [5.41, 5.74) is 1.07. The summed E-state index contributed by atoms with van der Waals surface area (Å²) in [6.45, 7) is 2.21. The third kappa shape index (κ3) is 3.91. The van der Waals surface area contributed by atoms with Gasteiger partial charge in [-0.3, -0.25) is 0 Å². The second kappa shape index (κ2) is 8.01. The van der Waals surface area contributed by atoms with Crippen LogP contribution >= 0.6 is 22.6 Å². The highest BCUT2D eigenvalue weighted by Gasteiger charge is 2.29. The molecule has 26 heavy (non-hydrogen) atoms. The number of rotatable bonds is 5. The molecule has 0 unspecified atom stereocenters. The Morgan fingerprint density at radius 1 is 0.923 bits per heavy atom. The normalized spacial score (nSPS) is 15.7. The molecule has 1 saturated heterocycles. The highest BCUT2D eigenvalue weighted by atomic mass is 127. The lowest BCUT2D eigenvalue weighted by atomic mass is 10.2. The Bertz CT molecular complexity index is 863. The number of hydrogen-bond donors (Lipinski definition) is 0. The fraction of sp³-hybridized carbons (Fsp3) is 0.333. The van der Waals surface area contributed by atoms with E-state index in [2.05, 4.69) is 27.5 Å². The SMILES string of the molecule is COc1ccc(N2CCN(S(=O)(=O)c3ccc(OC)c(I)c3)CC2)cc1. The number of benzene rings is 2. The van der Waals surface area contributed by atoms with E-state index in [1.807, 2.05) is 24.3 Å². The molecule has 2 aromatic rings. The molecule has 1 heterocycles. The van der Waals surface area contributed by atoms with Crippen molar-refractivity contribution in [3.05, 3.63) is 46.0 Å². The third-order valence-electron chi connectivity index (χ3n) is 4.44. The van der Waals surface area contributed by atoms with Crippen LogP contribution in [0.1, 0.15) is 0 Å². The quantitative estimate of drug-likeness (QED) is 0.607. The van der Waals surface area contributed by atoms with Crippen LogP contribution in [0.4, 0.5) is 5.69 Å². The van der Waals surface area contributed by atoms with Crippen LogP contribution in [0, 0.1) is 3.57 Å². The van der Waals surface area contributed by atoms with Crippen molar-refractivity contribution in [2.24, 2.45) is 0 Å². The zero-order valence-corrected chi connectivity index (χ0v) is 17.7. The van der Waals surface area contributed by atoms with E-state index in [0.717, 1.165) is 15.0 Å². The van der Waals surface area contributed by atoms with Crippen molar-refractivity contribution in [1.29, 1.82) is 0 Å². The zero-order chi connectivity index (χ0) is 18.7. The van der Waals surface area contributed by atoms with Crippen LogP contribution < -0.4 is 14.4 Å². The van der Waals surface area contributed by atoms with Gasteiger partial charge in [0.05, 0.1) is 22.7 Å². The van der Waals surface area contributed by atoms with Crippen LogP contribution in [-0.4, -0.2) is 53.1 Å². The summed E-state index contributed by atoms with van der Waals surface area (Å²) in [4.78, 5) is 2.49. The van der Waals surface area contributed by atoms with Crippen molar-refractivity contribution < 1.29 is 17.9 Å². The van der Waals surface area contributed by atoms with Gasteiger partial charge < -0.3 is 14.4 Å². The van der Waals surface area contributed by atoms with E-state index >= 15 is 0 Å². The summed E-state index contributed by atoms with van der Waals surface area (Å²) in [7, 11) is -0.288. The van der Waals surface area contributed by atoms with Crippen molar-refractivity contribution in [2.45, 2.75) is 4.90 Å². The van der Waals surface area contributed by atoms with Crippen LogP contribution in [0.3, 0.4) is 0 Å². The first kappa shape index (κ1) is 19.2. The van der Waals surface area contributed by atoms with Crippen molar-refractivity contribution >= 4 is 38.3 Å². The second-order valence-corrected chi connectivity index (χ2v) is 8.99. The largest absolute Gasteiger partial charge is 0.497 e. The van der Waals surface area contributed by atoms with Gasteiger partial charge >= 0.3 is 0 Å². The fourth-order valence-electron chi connectivity index (χ4n) is 2.94. The number of piperazine rings is 1. The minimum absolute atomic E-state index is 0.306. The summed E-state index contributed by atoms with van der Waals surface area (Å²) in [5, 5.41) is 0. The molecule has 0 N–H and O–H groups in total. The van der Waals surface area contributed by atoms with Gasteiger partial charge in [-0.25, -0.2) is 8.42 Å². The monoisotopic (exact) mass is 488 g/mol. The number of sulfonamides is 1. The molecule has 0 bridgehead atoms. The number of methoxy groups -OCH3 is 2. The molecule has 1 fully saturated rings. The van der Waals surface area contributed by atoms with Gasteiger partial charge in [0.2, 0.25) is 10.0 Å². The van der Waals surface area contributed by atoms with Crippen LogP contribution in [-0.2, 0) is 10.0 Å². The highest BCUT2D eigenvalue weighted by molar-refractivity contribution is 14.1. The van der Waals surface area contributed by atoms with E-state index in [1.165, 1.54) is 0 Å². The van der Waals surface area contributed by atoms with E-state index in [4.69, 9.17) is 9.47 Å². The first-order valence-electron chi connectivity index (χ1n) is 8.18. The minimum Gasteiger partial charge on any atom is -0.497 e. The van der Waals surface area contributed by atoms with Crippen LogP contribution in [0.5, 0.6) is 11.5 Å². The van der Waals surface area contributed by atoms with Crippen molar-refractivity contribution in [1.82, 2.24) is 4.31 Å².